The highest BCUT2D eigenvalue weighted by Gasteiger charge is 2.26. The van der Waals surface area contributed by atoms with Crippen LogP contribution in [0.15, 0.2) is 0 Å². The number of hydrogen-bond acceptors (Lipinski definition) is 2. The summed E-state index contributed by atoms with van der Waals surface area (Å²) >= 11 is 0. The van der Waals surface area contributed by atoms with Crippen molar-refractivity contribution < 1.29 is 4.79 Å². The molecule has 0 bridgehead atoms. The number of likely N-dealkylation sites (N-methyl/N-ethyl adjacent to an activating group) is 1. The summed E-state index contributed by atoms with van der Waals surface area (Å²) < 4.78 is 0. The molecule has 0 saturated carbocycles. The number of rotatable bonds is 1. The first-order valence-electron chi connectivity index (χ1n) is 6.51. The molecule has 2 aliphatic rings. The zero-order valence-corrected chi connectivity index (χ0v) is 10.2. The molecule has 4 nitrogen and oxygen atoms in total. The quantitative estimate of drug-likeness (QED) is 0.729. The van der Waals surface area contributed by atoms with Gasteiger partial charge in [0.05, 0.1) is 0 Å². The topological polar surface area (TPSA) is 35.6 Å². The molecule has 2 aliphatic heterocycles. The first kappa shape index (κ1) is 11.7. The van der Waals surface area contributed by atoms with Gasteiger partial charge in [0.1, 0.15) is 0 Å². The molecule has 0 aromatic carbocycles. The van der Waals surface area contributed by atoms with E-state index in [0.29, 0.717) is 6.04 Å². The number of nitrogens with zero attached hydrogens (tertiary/aromatic N) is 2. The number of amides is 2. The smallest absolute Gasteiger partial charge is 0.320 e. The summed E-state index contributed by atoms with van der Waals surface area (Å²) in [5.74, 6) is 0. The summed E-state index contributed by atoms with van der Waals surface area (Å²) in [5.41, 5.74) is 0. The SMILES string of the molecule is CN(C(=O)N1CCCCC1)[C@@H]1CCCNC1. The van der Waals surface area contributed by atoms with E-state index in [1.165, 1.54) is 25.7 Å². The van der Waals surface area contributed by atoms with Crippen molar-refractivity contribution in [2.45, 2.75) is 38.1 Å². The van der Waals surface area contributed by atoms with Crippen molar-refractivity contribution in [3.05, 3.63) is 0 Å². The summed E-state index contributed by atoms with van der Waals surface area (Å²) in [6, 6.07) is 0.622. The van der Waals surface area contributed by atoms with Crippen LogP contribution < -0.4 is 5.32 Å². The van der Waals surface area contributed by atoms with E-state index in [4.69, 9.17) is 0 Å². The first-order valence-corrected chi connectivity index (χ1v) is 6.51. The van der Waals surface area contributed by atoms with Crippen molar-refractivity contribution in [3.8, 4) is 0 Å². The molecule has 2 rings (SSSR count). The molecule has 0 spiro atoms. The zero-order chi connectivity index (χ0) is 11.4. The molecule has 1 N–H and O–H groups in total. The highest BCUT2D eigenvalue weighted by Crippen LogP contribution is 2.14. The van der Waals surface area contributed by atoms with Crippen LogP contribution in [0.5, 0.6) is 0 Å². The van der Waals surface area contributed by atoms with E-state index in [-0.39, 0.29) is 6.03 Å². The molecule has 1 atom stereocenters. The minimum absolute atomic E-state index is 0.230. The van der Waals surface area contributed by atoms with Crippen LogP contribution in [-0.2, 0) is 0 Å². The first-order chi connectivity index (χ1) is 7.79. The van der Waals surface area contributed by atoms with Crippen molar-refractivity contribution in [3.63, 3.8) is 0 Å². The predicted octanol–water partition coefficient (Wildman–Crippen LogP) is 1.28. The normalized spacial score (nSPS) is 26.6. The van der Waals surface area contributed by atoms with Gasteiger partial charge in [0.25, 0.3) is 0 Å². The fourth-order valence-corrected chi connectivity index (χ4v) is 2.63. The Morgan fingerprint density at radius 3 is 2.62 bits per heavy atom. The molecule has 2 heterocycles. The Kier molecular flexibility index (Phi) is 4.04. The maximum Gasteiger partial charge on any atom is 0.320 e. The van der Waals surface area contributed by atoms with Gasteiger partial charge < -0.3 is 15.1 Å². The van der Waals surface area contributed by atoms with E-state index in [1.54, 1.807) is 0 Å². The van der Waals surface area contributed by atoms with Crippen molar-refractivity contribution >= 4 is 6.03 Å². The number of likely N-dealkylation sites (tertiary alicyclic amines) is 1. The monoisotopic (exact) mass is 225 g/mol. The molecule has 0 unspecified atom stereocenters. The molecule has 2 saturated heterocycles. The summed E-state index contributed by atoms with van der Waals surface area (Å²) in [6.07, 6.45) is 5.94. The molecule has 2 fully saturated rings. The van der Waals surface area contributed by atoms with Crippen LogP contribution in [0.2, 0.25) is 0 Å². The standard InChI is InChI=1S/C12H23N3O/c1-14(11-6-5-7-13-10-11)12(16)15-8-3-2-4-9-15/h11,13H,2-10H2,1H3/t11-/m1/s1. The molecule has 0 aromatic rings. The largest absolute Gasteiger partial charge is 0.325 e. The Hall–Kier alpha value is -0.770. The lowest BCUT2D eigenvalue weighted by atomic mass is 10.1. The third kappa shape index (κ3) is 2.67. The van der Waals surface area contributed by atoms with Crippen molar-refractivity contribution in [2.75, 3.05) is 33.2 Å². The Morgan fingerprint density at radius 1 is 1.25 bits per heavy atom. The number of carbonyl (C=O) groups excluding carboxylic acids is 1. The van der Waals surface area contributed by atoms with Crippen LogP contribution in [0.25, 0.3) is 0 Å². The van der Waals surface area contributed by atoms with Crippen LogP contribution in [-0.4, -0.2) is 55.1 Å². The summed E-state index contributed by atoms with van der Waals surface area (Å²) in [6.45, 7) is 3.95. The second-order valence-corrected chi connectivity index (χ2v) is 4.94. The predicted molar refractivity (Wildman–Crippen MR) is 64.5 cm³/mol. The van der Waals surface area contributed by atoms with Crippen molar-refractivity contribution in [1.29, 1.82) is 0 Å². The Morgan fingerprint density at radius 2 is 2.00 bits per heavy atom. The third-order valence-corrected chi connectivity index (χ3v) is 3.75. The molecule has 0 aliphatic carbocycles. The van der Waals surface area contributed by atoms with Gasteiger partial charge in [0, 0.05) is 32.7 Å². The van der Waals surface area contributed by atoms with E-state index in [1.807, 2.05) is 16.8 Å². The minimum Gasteiger partial charge on any atom is -0.325 e. The minimum atomic E-state index is 0.230. The Balaban J connectivity index is 1.86. The number of hydrogen-bond donors (Lipinski definition) is 1. The lowest BCUT2D eigenvalue weighted by molar-refractivity contribution is 0.130. The number of nitrogens with one attached hydrogen (secondary N) is 1. The average Bonchev–Trinajstić information content (AvgIpc) is 2.39. The number of carbonyl (C=O) groups is 1. The molecular formula is C12H23N3O. The maximum absolute atomic E-state index is 12.2. The van der Waals surface area contributed by atoms with E-state index in [9.17, 15) is 4.79 Å². The molecular weight excluding hydrogens is 202 g/mol. The summed E-state index contributed by atoms with van der Waals surface area (Å²) in [7, 11) is 1.95. The maximum atomic E-state index is 12.2. The molecule has 16 heavy (non-hydrogen) atoms. The lowest BCUT2D eigenvalue weighted by Crippen LogP contribution is -2.52. The van der Waals surface area contributed by atoms with Crippen LogP contribution >= 0.6 is 0 Å². The molecule has 0 aromatic heterocycles. The van der Waals surface area contributed by atoms with Crippen LogP contribution in [0.1, 0.15) is 32.1 Å². The zero-order valence-electron chi connectivity index (χ0n) is 10.2. The molecule has 92 valence electrons. The van der Waals surface area contributed by atoms with Gasteiger partial charge in [-0.2, -0.15) is 0 Å². The van der Waals surface area contributed by atoms with E-state index >= 15 is 0 Å². The molecule has 4 heteroatoms. The number of urea groups is 1. The average molecular weight is 225 g/mol. The van der Waals surface area contributed by atoms with E-state index < -0.39 is 0 Å². The van der Waals surface area contributed by atoms with Crippen molar-refractivity contribution in [2.24, 2.45) is 0 Å². The Bertz CT molecular complexity index is 232. The van der Waals surface area contributed by atoms with E-state index in [2.05, 4.69) is 5.32 Å². The fourth-order valence-electron chi connectivity index (χ4n) is 2.63. The van der Waals surface area contributed by atoms with Crippen LogP contribution in [0.3, 0.4) is 0 Å². The van der Waals surface area contributed by atoms with E-state index in [0.717, 1.165) is 32.6 Å². The van der Waals surface area contributed by atoms with Gasteiger partial charge in [-0.15, -0.1) is 0 Å². The van der Waals surface area contributed by atoms with Gasteiger partial charge in [0.2, 0.25) is 0 Å². The van der Waals surface area contributed by atoms with Gasteiger partial charge in [-0.25, -0.2) is 4.79 Å². The summed E-state index contributed by atoms with van der Waals surface area (Å²) in [5, 5.41) is 3.36. The van der Waals surface area contributed by atoms with Gasteiger partial charge in [-0.1, -0.05) is 0 Å². The highest BCUT2D eigenvalue weighted by atomic mass is 16.2. The fraction of sp³-hybridized carbons (Fsp3) is 0.917. The third-order valence-electron chi connectivity index (χ3n) is 3.75. The molecule has 0 radical (unpaired) electrons. The van der Waals surface area contributed by atoms with Crippen LogP contribution in [0, 0.1) is 0 Å². The van der Waals surface area contributed by atoms with Gasteiger partial charge >= 0.3 is 6.03 Å². The van der Waals surface area contributed by atoms with Crippen LogP contribution in [0.4, 0.5) is 4.79 Å². The lowest BCUT2D eigenvalue weighted by Gasteiger charge is -2.37. The number of piperidine rings is 2. The van der Waals surface area contributed by atoms with Gasteiger partial charge in [-0.05, 0) is 38.6 Å². The second-order valence-electron chi connectivity index (χ2n) is 4.94. The van der Waals surface area contributed by atoms with Crippen molar-refractivity contribution in [1.82, 2.24) is 15.1 Å². The second kappa shape index (κ2) is 5.53. The van der Waals surface area contributed by atoms with Gasteiger partial charge in [0.15, 0.2) is 0 Å². The Labute approximate surface area is 98.0 Å². The van der Waals surface area contributed by atoms with Gasteiger partial charge in [-0.3, -0.25) is 0 Å². The molecule has 2 amide bonds. The highest BCUT2D eigenvalue weighted by molar-refractivity contribution is 5.74. The summed E-state index contributed by atoms with van der Waals surface area (Å²) in [4.78, 5) is 16.2.